The summed E-state index contributed by atoms with van der Waals surface area (Å²) < 4.78 is 0. The number of likely N-dealkylation sites (tertiary alicyclic amines) is 1. The molecule has 0 radical (unpaired) electrons. The second-order valence-corrected chi connectivity index (χ2v) is 4.88. The predicted molar refractivity (Wildman–Crippen MR) is 53.8 cm³/mol. The third kappa shape index (κ3) is 1.65. The van der Waals surface area contributed by atoms with E-state index < -0.39 is 5.60 Å². The topological polar surface area (TPSA) is 40.5 Å². The van der Waals surface area contributed by atoms with Crippen LogP contribution in [0.4, 0.5) is 0 Å². The minimum absolute atomic E-state index is 0.0145. The molecule has 1 unspecified atom stereocenters. The molecule has 3 heteroatoms. The number of carbonyl (C=O) groups excluding carboxylic acids is 1. The van der Waals surface area contributed by atoms with Crippen LogP contribution in [0.1, 0.15) is 39.0 Å². The zero-order valence-electron chi connectivity index (χ0n) is 8.83. The van der Waals surface area contributed by atoms with Gasteiger partial charge in [0.1, 0.15) is 5.60 Å². The standard InChI is InChI=1S/C11H19NO2/c1-9-4-7-12(8-9)10(13)11(14)5-2-3-6-11/h9,14H,2-8H2,1H3. The summed E-state index contributed by atoms with van der Waals surface area (Å²) in [7, 11) is 0. The van der Waals surface area contributed by atoms with Crippen molar-refractivity contribution in [2.45, 2.75) is 44.6 Å². The largest absolute Gasteiger partial charge is 0.380 e. The Bertz CT molecular complexity index is 233. The van der Waals surface area contributed by atoms with Crippen LogP contribution in [0.25, 0.3) is 0 Å². The monoisotopic (exact) mass is 197 g/mol. The van der Waals surface area contributed by atoms with E-state index >= 15 is 0 Å². The maximum Gasteiger partial charge on any atom is 0.254 e. The maximum absolute atomic E-state index is 12.0. The number of amides is 1. The fourth-order valence-corrected chi connectivity index (χ4v) is 2.59. The van der Waals surface area contributed by atoms with E-state index in [1.807, 2.05) is 4.90 Å². The van der Waals surface area contributed by atoms with Crippen molar-refractivity contribution in [3.05, 3.63) is 0 Å². The molecule has 1 atom stereocenters. The number of nitrogens with zero attached hydrogens (tertiary/aromatic N) is 1. The molecule has 1 aliphatic carbocycles. The van der Waals surface area contributed by atoms with Crippen molar-refractivity contribution < 1.29 is 9.90 Å². The summed E-state index contributed by atoms with van der Waals surface area (Å²) in [5, 5.41) is 10.1. The van der Waals surface area contributed by atoms with Gasteiger partial charge in [0.15, 0.2) is 0 Å². The molecule has 3 nitrogen and oxygen atoms in total. The highest BCUT2D eigenvalue weighted by Gasteiger charge is 2.42. The number of hydrogen-bond donors (Lipinski definition) is 1. The predicted octanol–water partition coefficient (Wildman–Crippen LogP) is 1.16. The van der Waals surface area contributed by atoms with Crippen LogP contribution in [0.3, 0.4) is 0 Å². The van der Waals surface area contributed by atoms with Gasteiger partial charge in [0.25, 0.3) is 5.91 Å². The number of hydrogen-bond acceptors (Lipinski definition) is 2. The molecule has 2 aliphatic rings. The molecule has 14 heavy (non-hydrogen) atoms. The summed E-state index contributed by atoms with van der Waals surface area (Å²) in [6.45, 7) is 3.83. The van der Waals surface area contributed by atoms with Crippen molar-refractivity contribution in [2.75, 3.05) is 13.1 Å². The lowest BCUT2D eigenvalue weighted by Crippen LogP contribution is -2.46. The normalized spacial score (nSPS) is 31.0. The van der Waals surface area contributed by atoms with E-state index in [2.05, 4.69) is 6.92 Å². The third-order valence-corrected chi connectivity index (χ3v) is 3.54. The van der Waals surface area contributed by atoms with E-state index in [1.165, 1.54) is 0 Å². The lowest BCUT2D eigenvalue weighted by Gasteiger charge is -2.27. The summed E-state index contributed by atoms with van der Waals surface area (Å²) in [6, 6.07) is 0. The van der Waals surface area contributed by atoms with Gasteiger partial charge in [0.05, 0.1) is 0 Å². The molecule has 1 N–H and O–H groups in total. The molecule has 0 aromatic heterocycles. The van der Waals surface area contributed by atoms with Gasteiger partial charge >= 0.3 is 0 Å². The molecule has 1 amide bonds. The van der Waals surface area contributed by atoms with Crippen LogP contribution in [0, 0.1) is 5.92 Å². The maximum atomic E-state index is 12.0. The highest BCUT2D eigenvalue weighted by Crippen LogP contribution is 2.32. The fraction of sp³-hybridized carbons (Fsp3) is 0.909. The molecule has 2 rings (SSSR count). The van der Waals surface area contributed by atoms with Crippen molar-refractivity contribution in [1.82, 2.24) is 4.90 Å². The van der Waals surface area contributed by atoms with Gasteiger partial charge in [0, 0.05) is 13.1 Å². The molecule has 1 saturated carbocycles. The van der Waals surface area contributed by atoms with Gasteiger partial charge < -0.3 is 10.0 Å². The average molecular weight is 197 g/mol. The van der Waals surface area contributed by atoms with Crippen molar-refractivity contribution >= 4 is 5.91 Å². The van der Waals surface area contributed by atoms with Crippen LogP contribution in [-0.4, -0.2) is 34.6 Å². The van der Waals surface area contributed by atoms with Crippen LogP contribution < -0.4 is 0 Å². The van der Waals surface area contributed by atoms with E-state index in [9.17, 15) is 9.90 Å². The Morgan fingerprint density at radius 3 is 2.57 bits per heavy atom. The van der Waals surface area contributed by atoms with Gasteiger partial charge in [-0.2, -0.15) is 0 Å². The summed E-state index contributed by atoms with van der Waals surface area (Å²) >= 11 is 0. The van der Waals surface area contributed by atoms with E-state index in [-0.39, 0.29) is 5.91 Å². The molecular weight excluding hydrogens is 178 g/mol. The van der Waals surface area contributed by atoms with Crippen LogP contribution >= 0.6 is 0 Å². The summed E-state index contributed by atoms with van der Waals surface area (Å²) in [4.78, 5) is 13.8. The Morgan fingerprint density at radius 2 is 2.07 bits per heavy atom. The van der Waals surface area contributed by atoms with Crippen LogP contribution in [0.15, 0.2) is 0 Å². The van der Waals surface area contributed by atoms with Crippen molar-refractivity contribution in [3.8, 4) is 0 Å². The Labute approximate surface area is 85.1 Å². The molecule has 0 spiro atoms. The van der Waals surface area contributed by atoms with Gasteiger partial charge in [0.2, 0.25) is 0 Å². The second kappa shape index (κ2) is 3.54. The van der Waals surface area contributed by atoms with E-state index in [1.54, 1.807) is 0 Å². The van der Waals surface area contributed by atoms with Gasteiger partial charge in [-0.05, 0) is 38.0 Å². The first-order chi connectivity index (χ1) is 6.62. The van der Waals surface area contributed by atoms with E-state index in [4.69, 9.17) is 0 Å². The molecule has 0 aromatic carbocycles. The summed E-state index contributed by atoms with van der Waals surface area (Å²) in [5.41, 5.74) is -1.01. The quantitative estimate of drug-likeness (QED) is 0.685. The highest BCUT2D eigenvalue weighted by atomic mass is 16.3. The smallest absolute Gasteiger partial charge is 0.254 e. The van der Waals surface area contributed by atoms with Gasteiger partial charge in [-0.15, -0.1) is 0 Å². The first kappa shape index (κ1) is 9.97. The Balaban J connectivity index is 2.00. The van der Waals surface area contributed by atoms with E-state index in [0.29, 0.717) is 18.8 Å². The first-order valence-corrected chi connectivity index (χ1v) is 5.63. The van der Waals surface area contributed by atoms with E-state index in [0.717, 1.165) is 32.4 Å². The minimum Gasteiger partial charge on any atom is -0.380 e. The van der Waals surface area contributed by atoms with Crippen LogP contribution in [0.5, 0.6) is 0 Å². The fourth-order valence-electron chi connectivity index (χ4n) is 2.59. The molecular formula is C11H19NO2. The average Bonchev–Trinajstić information content (AvgIpc) is 2.74. The van der Waals surface area contributed by atoms with Crippen molar-refractivity contribution in [3.63, 3.8) is 0 Å². The molecule has 0 bridgehead atoms. The molecule has 1 heterocycles. The Morgan fingerprint density at radius 1 is 1.43 bits per heavy atom. The van der Waals surface area contributed by atoms with Crippen LogP contribution in [-0.2, 0) is 4.79 Å². The lowest BCUT2D eigenvalue weighted by atomic mass is 10.0. The van der Waals surface area contributed by atoms with Crippen LogP contribution in [0.2, 0.25) is 0 Å². The SMILES string of the molecule is CC1CCN(C(=O)C2(O)CCCC2)C1. The number of rotatable bonds is 1. The summed E-state index contributed by atoms with van der Waals surface area (Å²) in [6.07, 6.45) is 4.40. The molecule has 1 saturated heterocycles. The van der Waals surface area contributed by atoms with Crippen molar-refractivity contribution in [1.29, 1.82) is 0 Å². The van der Waals surface area contributed by atoms with Gasteiger partial charge in [-0.3, -0.25) is 4.79 Å². The Hall–Kier alpha value is -0.570. The zero-order valence-corrected chi connectivity index (χ0v) is 8.83. The highest BCUT2D eigenvalue weighted by molar-refractivity contribution is 5.85. The number of carbonyl (C=O) groups is 1. The van der Waals surface area contributed by atoms with Gasteiger partial charge in [-0.1, -0.05) is 6.92 Å². The first-order valence-electron chi connectivity index (χ1n) is 5.63. The second-order valence-electron chi connectivity index (χ2n) is 4.88. The lowest BCUT2D eigenvalue weighted by molar-refractivity contribution is -0.149. The van der Waals surface area contributed by atoms with Gasteiger partial charge in [-0.25, -0.2) is 0 Å². The summed E-state index contributed by atoms with van der Waals surface area (Å²) in [5.74, 6) is 0.586. The molecule has 2 fully saturated rings. The molecule has 1 aliphatic heterocycles. The minimum atomic E-state index is -1.01. The van der Waals surface area contributed by atoms with Crippen molar-refractivity contribution in [2.24, 2.45) is 5.92 Å². The molecule has 80 valence electrons. The zero-order chi connectivity index (χ0) is 10.2. The third-order valence-electron chi connectivity index (χ3n) is 3.54. The number of aliphatic hydroxyl groups is 1. The Kier molecular flexibility index (Phi) is 2.52. The molecule has 0 aromatic rings.